The van der Waals surface area contributed by atoms with E-state index in [1.54, 1.807) is 50.5 Å². The highest BCUT2D eigenvalue weighted by Crippen LogP contribution is 2.64. The lowest BCUT2D eigenvalue weighted by Gasteiger charge is -2.37. The Morgan fingerprint density at radius 1 is 0.964 bits per heavy atom. The van der Waals surface area contributed by atoms with E-state index in [1.807, 2.05) is 6.07 Å². The van der Waals surface area contributed by atoms with Gasteiger partial charge in [-0.2, -0.15) is 0 Å². The van der Waals surface area contributed by atoms with Crippen molar-refractivity contribution in [3.05, 3.63) is 70.4 Å². The highest BCUT2D eigenvalue weighted by molar-refractivity contribution is 6.35. The molecule has 2 aromatic rings. The first kappa shape index (κ1) is 17.0. The van der Waals surface area contributed by atoms with Crippen LogP contribution in [-0.2, 0) is 30.1 Å². The van der Waals surface area contributed by atoms with Crippen molar-refractivity contribution in [2.45, 2.75) is 11.0 Å². The van der Waals surface area contributed by atoms with E-state index >= 15 is 0 Å². The van der Waals surface area contributed by atoms with Crippen molar-refractivity contribution >= 4 is 41.1 Å². The van der Waals surface area contributed by atoms with Gasteiger partial charge in [0, 0.05) is 30.9 Å². The van der Waals surface area contributed by atoms with Crippen LogP contribution in [0.2, 0.25) is 5.02 Å². The summed E-state index contributed by atoms with van der Waals surface area (Å²) in [5.41, 5.74) is -1.07. The van der Waals surface area contributed by atoms with Crippen LogP contribution in [-0.4, -0.2) is 32.2 Å². The van der Waals surface area contributed by atoms with Gasteiger partial charge in [0.2, 0.25) is 11.5 Å². The fourth-order valence-electron chi connectivity index (χ4n) is 4.90. The molecular weight excluding hydrogens is 380 g/mol. The molecule has 7 heteroatoms. The number of likely N-dealkylation sites (N-methyl/N-ethyl adjacent to an activating group) is 2. The van der Waals surface area contributed by atoms with Crippen molar-refractivity contribution in [3.8, 4) is 0 Å². The fraction of sp³-hybridized carbons (Fsp3) is 0.190. The molecule has 0 bridgehead atoms. The fourth-order valence-corrected chi connectivity index (χ4v) is 5.20. The van der Waals surface area contributed by atoms with Gasteiger partial charge in [-0.25, -0.2) is 0 Å². The molecule has 0 fully saturated rings. The zero-order valence-electron chi connectivity index (χ0n) is 15.1. The Morgan fingerprint density at radius 2 is 1.68 bits per heavy atom. The number of fused-ring (bicyclic) bond motifs is 5. The molecule has 3 heterocycles. The van der Waals surface area contributed by atoms with Crippen molar-refractivity contribution < 1.29 is 19.1 Å². The molecule has 0 N–H and O–H groups in total. The summed E-state index contributed by atoms with van der Waals surface area (Å²) < 4.78 is 5.99. The summed E-state index contributed by atoms with van der Waals surface area (Å²) in [6, 6.07) is 12.3. The van der Waals surface area contributed by atoms with E-state index in [1.165, 1.54) is 16.1 Å². The molecule has 0 saturated heterocycles. The highest BCUT2D eigenvalue weighted by atomic mass is 35.5. The van der Waals surface area contributed by atoms with Crippen LogP contribution >= 0.6 is 11.6 Å². The predicted octanol–water partition coefficient (Wildman–Crippen LogP) is 2.54. The smallest absolute Gasteiger partial charge is 0.277 e. The minimum atomic E-state index is -1.73. The molecule has 0 aliphatic carbocycles. The van der Waals surface area contributed by atoms with E-state index < -0.39 is 16.9 Å². The van der Waals surface area contributed by atoms with Crippen molar-refractivity contribution in [1.82, 2.24) is 0 Å². The summed E-state index contributed by atoms with van der Waals surface area (Å²) in [6.07, 6.45) is 1.83. The molecule has 2 amide bonds. The first-order chi connectivity index (χ1) is 13.4. The zero-order valence-corrected chi connectivity index (χ0v) is 15.9. The second-order valence-corrected chi connectivity index (χ2v) is 7.53. The third kappa shape index (κ3) is 1.52. The summed E-state index contributed by atoms with van der Waals surface area (Å²) in [6.45, 7) is 0. The molecule has 140 valence electrons. The van der Waals surface area contributed by atoms with Crippen LogP contribution in [0.1, 0.15) is 11.1 Å². The monoisotopic (exact) mass is 394 g/mol. The molecule has 0 aromatic heterocycles. The number of ether oxygens (including phenoxy) is 1. The lowest BCUT2D eigenvalue weighted by molar-refractivity contribution is -0.147. The average molecular weight is 395 g/mol. The number of hydrogen-bond donors (Lipinski definition) is 0. The minimum Gasteiger partial charge on any atom is -0.478 e. The molecule has 2 aromatic carbocycles. The molecule has 2 unspecified atom stereocenters. The second-order valence-electron chi connectivity index (χ2n) is 7.12. The number of aldehydes is 1. The number of hydrogen-bond acceptors (Lipinski definition) is 4. The number of rotatable bonds is 1. The van der Waals surface area contributed by atoms with Crippen molar-refractivity contribution in [2.24, 2.45) is 0 Å². The Kier molecular flexibility index (Phi) is 3.18. The molecule has 0 radical (unpaired) electrons. The van der Waals surface area contributed by atoms with Gasteiger partial charge in [0.15, 0.2) is 11.7 Å². The zero-order chi connectivity index (χ0) is 19.8. The normalized spacial score (nSPS) is 27.3. The van der Waals surface area contributed by atoms with Crippen LogP contribution in [0.3, 0.4) is 0 Å². The number of anilines is 2. The molecular formula is C21H15ClN2O4. The maximum atomic E-state index is 13.7. The van der Waals surface area contributed by atoms with Gasteiger partial charge in [-0.15, -0.1) is 0 Å². The van der Waals surface area contributed by atoms with Gasteiger partial charge in [-0.3, -0.25) is 14.4 Å². The van der Waals surface area contributed by atoms with Gasteiger partial charge in [-0.1, -0.05) is 41.9 Å². The number of carbonyl (C=O) groups excluding carboxylic acids is 3. The first-order valence-corrected chi connectivity index (χ1v) is 9.09. The van der Waals surface area contributed by atoms with Gasteiger partial charge in [0.05, 0.1) is 22.5 Å². The Labute approximate surface area is 165 Å². The number of benzene rings is 2. The molecule has 28 heavy (non-hydrogen) atoms. The van der Waals surface area contributed by atoms with E-state index in [4.69, 9.17) is 16.3 Å². The number of carbonyl (C=O) groups is 3. The topological polar surface area (TPSA) is 66.9 Å². The number of nitrogens with zero attached hydrogens (tertiary/aromatic N) is 2. The first-order valence-electron chi connectivity index (χ1n) is 8.71. The highest BCUT2D eigenvalue weighted by Gasteiger charge is 2.76. The quantitative estimate of drug-likeness (QED) is 0.697. The summed E-state index contributed by atoms with van der Waals surface area (Å²) in [4.78, 5) is 42.3. The van der Waals surface area contributed by atoms with Crippen molar-refractivity contribution in [3.63, 3.8) is 0 Å². The number of amides is 2. The molecule has 2 spiro atoms. The average Bonchev–Trinajstić information content (AvgIpc) is 3.25. The minimum absolute atomic E-state index is 0.115. The largest absolute Gasteiger partial charge is 0.478 e. The third-order valence-corrected chi connectivity index (χ3v) is 6.36. The Morgan fingerprint density at radius 3 is 2.43 bits per heavy atom. The van der Waals surface area contributed by atoms with Crippen LogP contribution in [0.5, 0.6) is 0 Å². The van der Waals surface area contributed by atoms with E-state index in [0.717, 1.165) is 0 Å². The predicted molar refractivity (Wildman–Crippen MR) is 103 cm³/mol. The van der Waals surface area contributed by atoms with Crippen molar-refractivity contribution in [1.29, 1.82) is 0 Å². The maximum Gasteiger partial charge on any atom is 0.277 e. The molecule has 5 rings (SSSR count). The Bertz CT molecular complexity index is 1130. The summed E-state index contributed by atoms with van der Waals surface area (Å²) in [5, 5.41) is 0.371. The van der Waals surface area contributed by atoms with E-state index in [9.17, 15) is 14.4 Å². The van der Waals surface area contributed by atoms with Crippen LogP contribution in [0, 0.1) is 0 Å². The van der Waals surface area contributed by atoms with Crippen LogP contribution in [0.4, 0.5) is 11.4 Å². The van der Waals surface area contributed by atoms with Crippen LogP contribution < -0.4 is 9.80 Å². The number of halogens is 1. The molecule has 2 atom stereocenters. The second kappa shape index (κ2) is 5.23. The Hall–Kier alpha value is -3.12. The maximum absolute atomic E-state index is 13.7. The van der Waals surface area contributed by atoms with Crippen LogP contribution in [0.15, 0.2) is 54.3 Å². The van der Waals surface area contributed by atoms with Crippen molar-refractivity contribution in [2.75, 3.05) is 23.9 Å². The SMILES string of the molecule is CN1C(=O)C2(C(C=O)=COC23C(=O)N(C)c2c(Cl)cccc23)c2ccccc21. The summed E-state index contributed by atoms with van der Waals surface area (Å²) >= 11 is 6.39. The van der Waals surface area contributed by atoms with E-state index in [-0.39, 0.29) is 11.5 Å². The van der Waals surface area contributed by atoms with Gasteiger partial charge in [0.1, 0.15) is 0 Å². The van der Waals surface area contributed by atoms with Gasteiger partial charge in [0.25, 0.3) is 5.91 Å². The molecule has 6 nitrogen and oxygen atoms in total. The summed E-state index contributed by atoms with van der Waals surface area (Å²) in [7, 11) is 3.22. The van der Waals surface area contributed by atoms with E-state index in [2.05, 4.69) is 0 Å². The molecule has 3 aliphatic heterocycles. The Balaban J connectivity index is 1.95. The van der Waals surface area contributed by atoms with E-state index in [0.29, 0.717) is 33.8 Å². The molecule has 0 saturated carbocycles. The summed E-state index contributed by atoms with van der Waals surface area (Å²) in [5.74, 6) is -0.832. The molecule has 3 aliphatic rings. The lowest BCUT2D eigenvalue weighted by Crippen LogP contribution is -2.58. The van der Waals surface area contributed by atoms with Gasteiger partial charge in [-0.05, 0) is 12.1 Å². The van der Waals surface area contributed by atoms with Gasteiger partial charge >= 0.3 is 0 Å². The third-order valence-electron chi connectivity index (χ3n) is 6.05. The standard InChI is InChI=1S/C21H15ClN2O4/c1-23-16-9-4-3-6-13(16)20(18(23)26)12(10-25)11-28-21(20)14-7-5-8-15(22)17(14)24(2)19(21)27/h3-11H,1-2H3. The van der Waals surface area contributed by atoms with Gasteiger partial charge < -0.3 is 14.5 Å². The lowest BCUT2D eigenvalue weighted by atomic mass is 9.62. The van der Waals surface area contributed by atoms with Crippen LogP contribution in [0.25, 0.3) is 0 Å². The number of para-hydroxylation sites is 2.